The molecule has 2 aromatic heterocycles. The summed E-state index contributed by atoms with van der Waals surface area (Å²) in [5.41, 5.74) is 4.27. The molecule has 1 aliphatic rings. The molecule has 0 bridgehead atoms. The van der Waals surface area contributed by atoms with Crippen LogP contribution in [0.2, 0.25) is 0 Å². The van der Waals surface area contributed by atoms with E-state index in [-0.39, 0.29) is 17.1 Å². The second-order valence-electron chi connectivity index (χ2n) is 6.67. The van der Waals surface area contributed by atoms with Gasteiger partial charge in [-0.3, -0.25) is 24.3 Å². The zero-order chi connectivity index (χ0) is 25.5. The molecule has 6 unspecified atom stereocenters. The standard InChI is InChI=1S/C11H20N7O13P3/c1-12-16-11-14-8-5(9(21)15-11)13-3-18(8)10-7(20)6(19)4(30-10)2-29-34(27,28)31-33(25,26)17-32(22,23)24/h3-4,6-7,10,12,19-20H,2H2,1H3,(H,27,28)(H2,14,15,16,21)(H4,17,22,23,24,25,26). The zero-order valence-corrected chi connectivity index (χ0v) is 19.5. The lowest BCUT2D eigenvalue weighted by Crippen LogP contribution is -2.33. The van der Waals surface area contributed by atoms with Gasteiger partial charge in [-0.25, -0.2) is 24.1 Å². The van der Waals surface area contributed by atoms with E-state index >= 15 is 0 Å². The number of rotatable bonds is 10. The van der Waals surface area contributed by atoms with Crippen molar-refractivity contribution in [3.63, 3.8) is 0 Å². The van der Waals surface area contributed by atoms with Gasteiger partial charge in [0, 0.05) is 7.05 Å². The molecule has 3 rings (SSSR count). The van der Waals surface area contributed by atoms with E-state index in [1.165, 1.54) is 7.05 Å². The number of aromatic amines is 1. The Bertz CT molecular complexity index is 1240. The summed E-state index contributed by atoms with van der Waals surface area (Å²) in [5.74, 6) is -0.00890. The molecule has 0 radical (unpaired) electrons. The van der Waals surface area contributed by atoms with Gasteiger partial charge in [-0.2, -0.15) is 9.29 Å². The SMILES string of the molecule is CNNc1nc2c(ncn2C2OC(COP(=O)(O)OP(=O)(O)NP(=O)(O)O)C(O)C2O)c(=O)[nH]1. The number of H-pyrrole nitrogens is 1. The van der Waals surface area contributed by atoms with Crippen molar-refractivity contribution in [3.05, 3.63) is 16.7 Å². The molecule has 2 aromatic rings. The van der Waals surface area contributed by atoms with Gasteiger partial charge in [0.25, 0.3) is 5.56 Å². The number of phosphoric ester groups is 1. The van der Waals surface area contributed by atoms with Gasteiger partial charge in [0.05, 0.1) is 12.9 Å². The van der Waals surface area contributed by atoms with E-state index in [0.29, 0.717) is 0 Å². The number of hydrogen-bond donors (Lipinski definition) is 10. The van der Waals surface area contributed by atoms with Crippen LogP contribution in [0.5, 0.6) is 0 Å². The first-order valence-corrected chi connectivity index (χ1v) is 13.6. The van der Waals surface area contributed by atoms with Crippen molar-refractivity contribution in [2.75, 3.05) is 19.1 Å². The average Bonchev–Trinajstić information content (AvgIpc) is 3.20. The fourth-order valence-electron chi connectivity index (χ4n) is 2.90. The van der Waals surface area contributed by atoms with E-state index < -0.39 is 60.0 Å². The van der Waals surface area contributed by atoms with E-state index in [9.17, 15) is 38.5 Å². The summed E-state index contributed by atoms with van der Waals surface area (Å²) < 4.78 is 49.0. The normalized spacial score (nSPS) is 26.9. The van der Waals surface area contributed by atoms with Gasteiger partial charge in [0.15, 0.2) is 17.4 Å². The Kier molecular flexibility index (Phi) is 7.79. The van der Waals surface area contributed by atoms with Crippen molar-refractivity contribution in [1.29, 1.82) is 0 Å². The Balaban J connectivity index is 1.74. The Morgan fingerprint density at radius 2 is 1.88 bits per heavy atom. The van der Waals surface area contributed by atoms with Crippen LogP contribution in [-0.2, 0) is 27.3 Å². The average molecular weight is 551 g/mol. The van der Waals surface area contributed by atoms with E-state index in [4.69, 9.17) is 14.5 Å². The van der Waals surface area contributed by atoms with Gasteiger partial charge in [0.1, 0.15) is 18.3 Å². The maximum Gasteiger partial charge on any atom is 0.480 e. The number of nitrogens with zero attached hydrogens (tertiary/aromatic N) is 3. The molecule has 192 valence electrons. The van der Waals surface area contributed by atoms with E-state index in [1.807, 2.05) is 0 Å². The largest absolute Gasteiger partial charge is 0.480 e. The molecule has 1 aliphatic heterocycles. The maximum atomic E-state index is 12.1. The quantitative estimate of drug-likeness (QED) is 0.105. The Morgan fingerprint density at radius 1 is 1.21 bits per heavy atom. The molecule has 34 heavy (non-hydrogen) atoms. The number of aliphatic hydroxyl groups excluding tert-OH is 2. The van der Waals surface area contributed by atoms with Crippen LogP contribution in [-0.4, -0.2) is 81.3 Å². The molecule has 1 saturated heterocycles. The molecule has 3 heterocycles. The summed E-state index contributed by atoms with van der Waals surface area (Å²) in [6.45, 7) is -0.981. The molecule has 0 aromatic carbocycles. The summed E-state index contributed by atoms with van der Waals surface area (Å²) in [5, 5.41) is 20.6. The summed E-state index contributed by atoms with van der Waals surface area (Å²) in [6, 6.07) is 0. The van der Waals surface area contributed by atoms with Gasteiger partial charge in [-0.1, -0.05) is 0 Å². The lowest BCUT2D eigenvalue weighted by molar-refractivity contribution is -0.0501. The summed E-state index contributed by atoms with van der Waals surface area (Å²) in [7, 11) is -14.7. The first-order valence-electron chi connectivity index (χ1n) is 8.90. The van der Waals surface area contributed by atoms with Crippen LogP contribution >= 0.6 is 23.3 Å². The number of anilines is 1. The highest BCUT2D eigenvalue weighted by Gasteiger charge is 2.46. The molecule has 0 saturated carbocycles. The Hall–Kier alpha value is -1.60. The van der Waals surface area contributed by atoms with E-state index in [1.54, 1.807) is 0 Å². The monoisotopic (exact) mass is 551 g/mol. The number of imidazole rings is 1. The fourth-order valence-corrected chi connectivity index (χ4v) is 6.33. The molecule has 20 nitrogen and oxygen atoms in total. The maximum absolute atomic E-state index is 12.1. The number of aromatic nitrogens is 4. The molecule has 0 aliphatic carbocycles. The molecular weight excluding hydrogens is 531 g/mol. The predicted molar refractivity (Wildman–Crippen MR) is 109 cm³/mol. The number of phosphoric acid groups is 1. The number of ether oxygens (including phenoxy) is 1. The topological polar surface area (TPSA) is 300 Å². The van der Waals surface area contributed by atoms with Gasteiger partial charge >= 0.3 is 23.3 Å². The van der Waals surface area contributed by atoms with Crippen LogP contribution in [0.3, 0.4) is 0 Å². The molecule has 10 N–H and O–H groups in total. The van der Waals surface area contributed by atoms with E-state index in [0.717, 1.165) is 15.8 Å². The first kappa shape index (κ1) is 27.0. The van der Waals surface area contributed by atoms with Gasteiger partial charge in [-0.15, -0.1) is 4.86 Å². The van der Waals surface area contributed by atoms with Crippen molar-refractivity contribution in [2.24, 2.45) is 0 Å². The van der Waals surface area contributed by atoms with Gasteiger partial charge < -0.3 is 34.5 Å². The molecular formula is C11H20N7O13P3. The first-order chi connectivity index (χ1) is 15.6. The number of aliphatic hydroxyl groups is 2. The summed E-state index contributed by atoms with van der Waals surface area (Å²) in [6.07, 6.45) is -5.22. The molecule has 0 amide bonds. The number of nitrogens with one attached hydrogen (secondary N) is 4. The molecule has 1 fully saturated rings. The van der Waals surface area contributed by atoms with Gasteiger partial charge in [-0.05, 0) is 0 Å². The highest BCUT2D eigenvalue weighted by Crippen LogP contribution is 2.61. The van der Waals surface area contributed by atoms with E-state index in [2.05, 4.69) is 34.6 Å². The molecule has 23 heteroatoms. The Labute approximate surface area is 188 Å². The number of hydrazine groups is 1. The van der Waals surface area contributed by atoms with Crippen LogP contribution in [0, 0.1) is 0 Å². The lowest BCUT2D eigenvalue weighted by Gasteiger charge is -2.19. The van der Waals surface area contributed by atoms with Crippen molar-refractivity contribution in [1.82, 2.24) is 29.8 Å². The highest BCUT2D eigenvalue weighted by atomic mass is 31.3. The molecule has 0 spiro atoms. The summed E-state index contributed by atoms with van der Waals surface area (Å²) in [4.78, 5) is 59.4. The van der Waals surface area contributed by atoms with Crippen LogP contribution in [0.15, 0.2) is 11.1 Å². The van der Waals surface area contributed by atoms with Crippen LogP contribution in [0.4, 0.5) is 5.95 Å². The minimum Gasteiger partial charge on any atom is -0.387 e. The smallest absolute Gasteiger partial charge is 0.387 e. The van der Waals surface area contributed by atoms with Crippen molar-refractivity contribution in [2.45, 2.75) is 24.5 Å². The van der Waals surface area contributed by atoms with Crippen molar-refractivity contribution < 1.29 is 57.1 Å². The minimum absolute atomic E-state index is 0.00890. The van der Waals surface area contributed by atoms with Crippen LogP contribution in [0.1, 0.15) is 6.23 Å². The number of fused-ring (bicyclic) bond motifs is 1. The zero-order valence-electron chi connectivity index (χ0n) is 16.8. The Morgan fingerprint density at radius 3 is 2.50 bits per heavy atom. The summed E-state index contributed by atoms with van der Waals surface area (Å²) >= 11 is 0. The third kappa shape index (κ3) is 6.34. The minimum atomic E-state index is -5.49. The third-order valence-electron chi connectivity index (χ3n) is 4.16. The molecule has 6 atom stereocenters. The fraction of sp³-hybridized carbons (Fsp3) is 0.545. The van der Waals surface area contributed by atoms with Crippen LogP contribution in [0.25, 0.3) is 11.2 Å². The van der Waals surface area contributed by atoms with Crippen molar-refractivity contribution >= 4 is 40.4 Å². The van der Waals surface area contributed by atoms with Crippen molar-refractivity contribution in [3.8, 4) is 0 Å². The lowest BCUT2D eigenvalue weighted by atomic mass is 10.1. The second kappa shape index (κ2) is 9.81. The van der Waals surface area contributed by atoms with Gasteiger partial charge in [0.2, 0.25) is 5.95 Å². The number of hydrogen-bond acceptors (Lipinski definition) is 13. The highest BCUT2D eigenvalue weighted by molar-refractivity contribution is 7.70. The van der Waals surface area contributed by atoms with Crippen LogP contribution < -0.4 is 21.3 Å². The predicted octanol–water partition coefficient (Wildman–Crippen LogP) is -2.80. The third-order valence-corrected chi connectivity index (χ3v) is 8.40. The second-order valence-corrected chi connectivity index (χ2v) is 11.4.